The fourth-order valence-corrected chi connectivity index (χ4v) is 2.93. The number of nitrogens with zero attached hydrogens (tertiary/aromatic N) is 2. The summed E-state index contributed by atoms with van der Waals surface area (Å²) in [6.45, 7) is -1.12. The molecule has 2 rings (SSSR count). The molecule has 1 aliphatic heterocycles. The van der Waals surface area contributed by atoms with E-state index in [0.717, 1.165) is 5.56 Å². The molecule has 1 N–H and O–H groups in total. The first-order chi connectivity index (χ1) is 15.9. The lowest BCUT2D eigenvalue weighted by atomic mass is 10.2. The number of amides is 3. The standard InChI is InChI=1S/C19H19Cl6N3O6/c20-18(21,22)11-33-15(29)26-28(17(31)34-12-19(23,24)25)14-8-4-5-9-27(14)16(30)32-10-13-6-2-1-3-7-13/h1-4,6-8,14H,5,9-12H2,(H,26,29). The second-order valence-electron chi connectivity index (χ2n) is 6.71. The first-order valence-corrected chi connectivity index (χ1v) is 11.8. The Morgan fingerprint density at radius 1 is 0.971 bits per heavy atom. The van der Waals surface area contributed by atoms with Crippen molar-refractivity contribution in [1.29, 1.82) is 0 Å². The molecule has 34 heavy (non-hydrogen) atoms. The largest absolute Gasteiger partial charge is 0.444 e. The van der Waals surface area contributed by atoms with Gasteiger partial charge in [-0.15, -0.1) is 0 Å². The average molecular weight is 598 g/mol. The number of carbonyl (C=O) groups excluding carboxylic acids is 3. The average Bonchev–Trinajstić information content (AvgIpc) is 2.78. The Kier molecular flexibility index (Phi) is 11.0. The van der Waals surface area contributed by atoms with Crippen molar-refractivity contribution in [2.45, 2.75) is 26.8 Å². The molecule has 188 valence electrons. The van der Waals surface area contributed by atoms with E-state index in [-0.39, 0.29) is 13.2 Å². The summed E-state index contributed by atoms with van der Waals surface area (Å²) in [7, 11) is 0. The first kappa shape index (κ1) is 28.7. The lowest BCUT2D eigenvalue weighted by Gasteiger charge is -2.38. The zero-order valence-electron chi connectivity index (χ0n) is 17.3. The maximum atomic E-state index is 12.8. The summed E-state index contributed by atoms with van der Waals surface area (Å²) < 4.78 is 11.3. The van der Waals surface area contributed by atoms with Crippen LogP contribution in [0.1, 0.15) is 12.0 Å². The molecule has 0 saturated carbocycles. The van der Waals surface area contributed by atoms with E-state index in [0.29, 0.717) is 11.4 Å². The number of hydrazine groups is 1. The molecule has 15 heteroatoms. The predicted octanol–water partition coefficient (Wildman–Crippen LogP) is 5.73. The highest BCUT2D eigenvalue weighted by atomic mass is 35.6. The van der Waals surface area contributed by atoms with Crippen LogP contribution in [0.4, 0.5) is 14.4 Å². The number of carbonyl (C=O) groups is 3. The summed E-state index contributed by atoms with van der Waals surface area (Å²) in [5.41, 5.74) is 2.90. The van der Waals surface area contributed by atoms with Gasteiger partial charge in [0.25, 0.3) is 0 Å². The van der Waals surface area contributed by atoms with Gasteiger partial charge in [0, 0.05) is 6.54 Å². The highest BCUT2D eigenvalue weighted by Gasteiger charge is 2.37. The van der Waals surface area contributed by atoms with Gasteiger partial charge in [0.1, 0.15) is 19.8 Å². The fraction of sp³-hybridized carbons (Fsp3) is 0.421. The summed E-state index contributed by atoms with van der Waals surface area (Å²) in [5, 5.41) is 0.663. The molecule has 0 radical (unpaired) electrons. The maximum absolute atomic E-state index is 12.8. The Labute approximate surface area is 225 Å². The van der Waals surface area contributed by atoms with Crippen LogP contribution >= 0.6 is 69.6 Å². The summed E-state index contributed by atoms with van der Waals surface area (Å²) in [6, 6.07) is 8.98. The molecule has 0 fully saturated rings. The van der Waals surface area contributed by atoms with E-state index in [4.69, 9.17) is 83.8 Å². The van der Waals surface area contributed by atoms with Gasteiger partial charge in [-0.2, -0.15) is 5.01 Å². The van der Waals surface area contributed by atoms with Gasteiger partial charge in [0.05, 0.1) is 0 Å². The van der Waals surface area contributed by atoms with Crippen LogP contribution in [0.3, 0.4) is 0 Å². The monoisotopic (exact) mass is 595 g/mol. The lowest BCUT2D eigenvalue weighted by Crippen LogP contribution is -2.60. The Morgan fingerprint density at radius 2 is 1.59 bits per heavy atom. The van der Waals surface area contributed by atoms with Crippen LogP contribution in [0, 0.1) is 0 Å². The van der Waals surface area contributed by atoms with Crippen LogP contribution in [-0.2, 0) is 20.8 Å². The zero-order valence-corrected chi connectivity index (χ0v) is 21.8. The molecule has 9 nitrogen and oxygen atoms in total. The fourth-order valence-electron chi connectivity index (χ4n) is 2.61. The normalized spacial score (nSPS) is 15.9. The van der Waals surface area contributed by atoms with Crippen molar-refractivity contribution < 1.29 is 28.6 Å². The van der Waals surface area contributed by atoms with Gasteiger partial charge in [0.15, 0.2) is 6.17 Å². The number of halogens is 6. The quantitative estimate of drug-likeness (QED) is 0.201. The van der Waals surface area contributed by atoms with Crippen LogP contribution < -0.4 is 5.43 Å². The molecule has 0 bridgehead atoms. The Balaban J connectivity index is 2.17. The van der Waals surface area contributed by atoms with Crippen LogP contribution in [0.15, 0.2) is 42.5 Å². The molecule has 1 aromatic rings. The first-order valence-electron chi connectivity index (χ1n) is 9.52. The van der Waals surface area contributed by atoms with Gasteiger partial charge in [0.2, 0.25) is 7.59 Å². The number of nitrogens with one attached hydrogen (secondary N) is 1. The highest BCUT2D eigenvalue weighted by molar-refractivity contribution is 6.68. The zero-order chi connectivity index (χ0) is 25.4. The second kappa shape index (κ2) is 13.0. The summed E-state index contributed by atoms with van der Waals surface area (Å²) >= 11 is 33.6. The molecule has 1 atom stereocenters. The third kappa shape index (κ3) is 10.4. The molecule has 1 heterocycles. The van der Waals surface area contributed by atoms with Gasteiger partial charge in [-0.1, -0.05) is 106 Å². The second-order valence-corrected chi connectivity index (χ2v) is 11.7. The molecule has 0 aromatic heterocycles. The molecule has 0 saturated heterocycles. The van der Waals surface area contributed by atoms with Gasteiger partial charge < -0.3 is 14.2 Å². The van der Waals surface area contributed by atoms with Crippen molar-refractivity contribution in [3.05, 3.63) is 48.0 Å². The smallest absolute Gasteiger partial charge is 0.431 e. The Morgan fingerprint density at radius 3 is 2.21 bits per heavy atom. The minimum absolute atomic E-state index is 0.0109. The van der Waals surface area contributed by atoms with E-state index in [9.17, 15) is 14.4 Å². The summed E-state index contributed by atoms with van der Waals surface area (Å²) in [6.07, 6.45) is -0.627. The molecule has 1 aromatic carbocycles. The molecular formula is C19H19Cl6N3O6. The van der Waals surface area contributed by atoms with Crippen molar-refractivity contribution in [3.63, 3.8) is 0 Å². The van der Waals surface area contributed by atoms with Crippen molar-refractivity contribution >= 4 is 87.9 Å². The van der Waals surface area contributed by atoms with Gasteiger partial charge in [-0.05, 0) is 18.1 Å². The van der Waals surface area contributed by atoms with E-state index in [2.05, 4.69) is 5.43 Å². The number of hydrogen-bond acceptors (Lipinski definition) is 6. The summed E-state index contributed by atoms with van der Waals surface area (Å²) in [5.74, 6) is 0. The van der Waals surface area contributed by atoms with E-state index in [1.165, 1.54) is 11.0 Å². The topological polar surface area (TPSA) is 97.4 Å². The van der Waals surface area contributed by atoms with Crippen molar-refractivity contribution in [3.8, 4) is 0 Å². The lowest BCUT2D eigenvalue weighted by molar-refractivity contribution is 0.00900. The molecule has 0 aliphatic carbocycles. The van der Waals surface area contributed by atoms with E-state index >= 15 is 0 Å². The summed E-state index contributed by atoms with van der Waals surface area (Å²) in [4.78, 5) is 39.0. The van der Waals surface area contributed by atoms with E-state index in [1.807, 2.05) is 6.07 Å². The van der Waals surface area contributed by atoms with Crippen LogP contribution in [-0.4, -0.2) is 61.7 Å². The Bertz CT molecular complexity index is 878. The van der Waals surface area contributed by atoms with Crippen LogP contribution in [0.25, 0.3) is 0 Å². The molecular weight excluding hydrogens is 579 g/mol. The molecule has 1 unspecified atom stereocenters. The molecule has 0 spiro atoms. The number of rotatable bonds is 5. The predicted molar refractivity (Wildman–Crippen MR) is 129 cm³/mol. The van der Waals surface area contributed by atoms with Gasteiger partial charge in [-0.3, -0.25) is 4.90 Å². The van der Waals surface area contributed by atoms with E-state index in [1.54, 1.807) is 30.3 Å². The third-order valence-electron chi connectivity index (χ3n) is 4.00. The SMILES string of the molecule is O=C(NN(C(=O)OCC(Cl)(Cl)Cl)C1C=CCCN1C(=O)OCc1ccccc1)OCC(Cl)(Cl)Cl. The van der Waals surface area contributed by atoms with Crippen LogP contribution in [0.2, 0.25) is 0 Å². The number of alkyl halides is 6. The van der Waals surface area contributed by atoms with Crippen molar-refractivity contribution in [2.75, 3.05) is 19.8 Å². The minimum Gasteiger partial charge on any atom is -0.444 e. The number of hydrogen-bond donors (Lipinski definition) is 1. The number of benzene rings is 1. The maximum Gasteiger partial charge on any atom is 0.431 e. The van der Waals surface area contributed by atoms with E-state index < -0.39 is 45.2 Å². The van der Waals surface area contributed by atoms with Crippen molar-refractivity contribution in [1.82, 2.24) is 15.3 Å². The number of ether oxygens (including phenoxy) is 3. The molecule has 1 aliphatic rings. The third-order valence-corrected chi connectivity index (χ3v) is 4.66. The highest BCUT2D eigenvalue weighted by Crippen LogP contribution is 2.27. The van der Waals surface area contributed by atoms with Crippen molar-refractivity contribution in [2.24, 2.45) is 0 Å². The minimum atomic E-state index is -1.92. The van der Waals surface area contributed by atoms with Gasteiger partial charge >= 0.3 is 18.3 Å². The van der Waals surface area contributed by atoms with Gasteiger partial charge in [-0.25, -0.2) is 19.8 Å². The molecule has 3 amide bonds. The Hall–Kier alpha value is -1.49. The van der Waals surface area contributed by atoms with Crippen LogP contribution in [0.5, 0.6) is 0 Å².